The number of pyridine rings is 2. The molecule has 0 radical (unpaired) electrons. The highest BCUT2D eigenvalue weighted by Gasteiger charge is 2.65. The average Bonchev–Trinajstić information content (AvgIpc) is 3.37. The fourth-order valence-corrected chi connectivity index (χ4v) is 5.18. The first-order chi connectivity index (χ1) is 18.3. The van der Waals surface area contributed by atoms with Crippen LogP contribution >= 0.6 is 0 Å². The van der Waals surface area contributed by atoms with Crippen molar-refractivity contribution in [2.24, 2.45) is 0 Å². The van der Waals surface area contributed by atoms with E-state index in [9.17, 15) is 24.6 Å². The number of aliphatic hydroxyl groups excluding tert-OH is 2. The van der Waals surface area contributed by atoms with Crippen molar-refractivity contribution in [2.75, 3.05) is 19.7 Å². The number of carbonyl (C=O) groups excluding carboxylic acids is 1. The summed E-state index contributed by atoms with van der Waals surface area (Å²) in [6.07, 6.45) is 2.63. The number of fused-ring (bicyclic) bond motifs is 2. The van der Waals surface area contributed by atoms with Crippen LogP contribution in [0.2, 0.25) is 0 Å². The molecule has 2 aliphatic heterocycles. The molecule has 3 aromatic rings. The molecule has 2 saturated heterocycles. The first-order valence-corrected chi connectivity index (χ1v) is 12.4. The largest absolute Gasteiger partial charge is 0.393 e. The molecule has 0 aromatic carbocycles. The summed E-state index contributed by atoms with van der Waals surface area (Å²) in [5.41, 5.74) is -0.681. The van der Waals surface area contributed by atoms with Crippen LogP contribution in [0, 0.1) is 6.92 Å². The van der Waals surface area contributed by atoms with E-state index in [1.54, 1.807) is 19.3 Å². The van der Waals surface area contributed by atoms with Crippen molar-refractivity contribution in [3.05, 3.63) is 92.8 Å². The number of aromatic nitrogens is 4. The molecule has 1 amide bonds. The Balaban J connectivity index is 1.35. The number of nitrogens with zero attached hydrogens (tertiary/aromatic N) is 5. The molecule has 2 fully saturated rings. The van der Waals surface area contributed by atoms with Crippen LogP contribution in [0.25, 0.3) is 0 Å². The lowest BCUT2D eigenvalue weighted by molar-refractivity contribution is -0.167. The Morgan fingerprint density at radius 3 is 2.37 bits per heavy atom. The van der Waals surface area contributed by atoms with Gasteiger partial charge in [0.1, 0.15) is 17.7 Å². The summed E-state index contributed by atoms with van der Waals surface area (Å²) in [7, 11) is 0. The summed E-state index contributed by atoms with van der Waals surface area (Å²) in [6.45, 7) is 2.40. The normalized spacial score (nSPS) is 24.3. The van der Waals surface area contributed by atoms with Crippen molar-refractivity contribution in [3.63, 3.8) is 0 Å². The second-order valence-electron chi connectivity index (χ2n) is 9.77. The third-order valence-corrected chi connectivity index (χ3v) is 7.18. The van der Waals surface area contributed by atoms with Gasteiger partial charge in [-0.1, -0.05) is 12.1 Å². The number of morpholine rings is 1. The van der Waals surface area contributed by atoms with Gasteiger partial charge in [0.2, 0.25) is 5.91 Å². The van der Waals surface area contributed by atoms with E-state index in [2.05, 4.69) is 19.9 Å². The smallest absolute Gasteiger partial charge is 0.330 e. The Morgan fingerprint density at radius 2 is 1.82 bits per heavy atom. The Hall–Kier alpha value is -3.71. The zero-order valence-electron chi connectivity index (χ0n) is 20.9. The molecule has 3 aromatic heterocycles. The molecule has 5 rings (SSSR count). The van der Waals surface area contributed by atoms with Crippen molar-refractivity contribution in [1.82, 2.24) is 29.3 Å². The summed E-state index contributed by atoms with van der Waals surface area (Å²) >= 11 is 0. The molecule has 0 aliphatic carbocycles. The van der Waals surface area contributed by atoms with E-state index in [0.29, 0.717) is 19.6 Å². The lowest BCUT2D eigenvalue weighted by Gasteiger charge is -2.37. The van der Waals surface area contributed by atoms with Gasteiger partial charge in [-0.25, -0.2) is 4.79 Å². The summed E-state index contributed by atoms with van der Waals surface area (Å²) in [5, 5.41) is 21.1. The quantitative estimate of drug-likeness (QED) is 0.339. The zero-order valence-corrected chi connectivity index (χ0v) is 20.9. The maximum atomic E-state index is 13.5. The summed E-state index contributed by atoms with van der Waals surface area (Å²) in [4.78, 5) is 52.5. The van der Waals surface area contributed by atoms with E-state index in [1.165, 1.54) is 11.1 Å². The summed E-state index contributed by atoms with van der Waals surface area (Å²) < 4.78 is 7.12. The molecule has 5 heterocycles. The fraction of sp³-hybridized carbons (Fsp3) is 0.423. The standard InChI is InChI=1S/C26H30N6O6/c1-17-12-31(25(37)29-23(17)36)24-21-22(35)26(16-33,38-24)15-32(21)20(34)8-11-30(13-18-6-2-4-9-27-18)14-19-7-3-5-10-28-19/h2-7,9-10,12,21-22,24,33,35H,8,11,13-16H2,1H3,(H,29,36,37)/t21?,22-,24+,26+/m0/s1. The first-order valence-electron chi connectivity index (χ1n) is 12.4. The molecule has 12 heteroatoms. The Labute approximate surface area is 218 Å². The second-order valence-corrected chi connectivity index (χ2v) is 9.77. The number of aromatic amines is 1. The van der Waals surface area contributed by atoms with Crippen LogP contribution < -0.4 is 11.2 Å². The Kier molecular flexibility index (Phi) is 7.21. The number of carbonyl (C=O) groups is 1. The maximum absolute atomic E-state index is 13.5. The van der Waals surface area contributed by atoms with E-state index < -0.39 is 41.8 Å². The molecule has 38 heavy (non-hydrogen) atoms. The fourth-order valence-electron chi connectivity index (χ4n) is 5.18. The molecule has 3 N–H and O–H groups in total. The molecule has 0 saturated carbocycles. The highest BCUT2D eigenvalue weighted by Crippen LogP contribution is 2.46. The highest BCUT2D eigenvalue weighted by molar-refractivity contribution is 5.77. The van der Waals surface area contributed by atoms with Crippen molar-refractivity contribution in [3.8, 4) is 0 Å². The van der Waals surface area contributed by atoms with Crippen molar-refractivity contribution in [1.29, 1.82) is 0 Å². The third kappa shape index (κ3) is 4.90. The van der Waals surface area contributed by atoms with Gasteiger partial charge in [0.15, 0.2) is 6.23 Å². The Bertz CT molecular complexity index is 1360. The Morgan fingerprint density at radius 1 is 1.16 bits per heavy atom. The van der Waals surface area contributed by atoms with Gasteiger partial charge in [0.05, 0.1) is 24.5 Å². The first kappa shape index (κ1) is 25.9. The summed E-state index contributed by atoms with van der Waals surface area (Å²) in [5.74, 6) is -0.251. The minimum Gasteiger partial charge on any atom is -0.393 e. The SMILES string of the molecule is Cc1cn([C@@H]2O[C@@]3(CO)CN(C(=O)CCN(Cc4ccccn4)Cc4ccccn4)C2[C@@H]3O)c(=O)[nH]c1=O. The van der Waals surface area contributed by atoms with Crippen LogP contribution in [0.1, 0.15) is 29.6 Å². The van der Waals surface area contributed by atoms with Crippen LogP contribution in [-0.2, 0) is 22.6 Å². The molecule has 4 atom stereocenters. The van der Waals surface area contributed by atoms with E-state index in [-0.39, 0.29) is 24.4 Å². The van der Waals surface area contributed by atoms with Crippen LogP contribution in [0.3, 0.4) is 0 Å². The van der Waals surface area contributed by atoms with E-state index in [0.717, 1.165) is 16.0 Å². The van der Waals surface area contributed by atoms with E-state index in [1.807, 2.05) is 36.4 Å². The second kappa shape index (κ2) is 10.6. The van der Waals surface area contributed by atoms with Gasteiger partial charge < -0.3 is 19.8 Å². The molecule has 0 spiro atoms. The van der Waals surface area contributed by atoms with Crippen molar-refractivity contribution >= 4 is 5.91 Å². The number of hydrogen-bond acceptors (Lipinski definition) is 9. The summed E-state index contributed by atoms with van der Waals surface area (Å²) in [6, 6.07) is 10.4. The van der Waals surface area contributed by atoms with Gasteiger partial charge in [0, 0.05) is 50.2 Å². The van der Waals surface area contributed by atoms with Gasteiger partial charge in [0.25, 0.3) is 5.56 Å². The number of likely N-dealkylation sites (tertiary alicyclic amines) is 1. The van der Waals surface area contributed by atoms with Crippen molar-refractivity contribution in [2.45, 2.75) is 50.4 Å². The zero-order chi connectivity index (χ0) is 26.9. The molecule has 2 aliphatic rings. The molecular weight excluding hydrogens is 492 g/mol. The highest BCUT2D eigenvalue weighted by atomic mass is 16.6. The number of amides is 1. The number of aryl methyl sites for hydroxylation is 1. The molecule has 200 valence electrons. The molecule has 2 bridgehead atoms. The van der Waals surface area contributed by atoms with Gasteiger partial charge in [-0.2, -0.15) is 0 Å². The van der Waals surface area contributed by atoms with E-state index in [4.69, 9.17) is 4.74 Å². The monoisotopic (exact) mass is 522 g/mol. The molecule has 1 unspecified atom stereocenters. The molecular formula is C26H30N6O6. The lowest BCUT2D eigenvalue weighted by atomic mass is 10.0. The molecule has 12 nitrogen and oxygen atoms in total. The maximum Gasteiger partial charge on any atom is 0.330 e. The van der Waals surface area contributed by atoms with Crippen LogP contribution in [0.5, 0.6) is 0 Å². The predicted molar refractivity (Wildman–Crippen MR) is 135 cm³/mol. The van der Waals surface area contributed by atoms with Crippen molar-refractivity contribution < 1.29 is 19.7 Å². The van der Waals surface area contributed by atoms with Gasteiger partial charge in [-0.05, 0) is 31.2 Å². The van der Waals surface area contributed by atoms with Crippen LogP contribution in [-0.4, -0.2) is 82.9 Å². The minimum absolute atomic E-state index is 0.0117. The number of nitrogens with one attached hydrogen (secondary N) is 1. The number of ether oxygens (including phenoxy) is 1. The van der Waals surface area contributed by atoms with E-state index >= 15 is 0 Å². The topological polar surface area (TPSA) is 154 Å². The van der Waals surface area contributed by atoms with Gasteiger partial charge >= 0.3 is 5.69 Å². The van der Waals surface area contributed by atoms with Crippen LogP contribution in [0.15, 0.2) is 64.6 Å². The average molecular weight is 523 g/mol. The van der Waals surface area contributed by atoms with Crippen LogP contribution in [0.4, 0.5) is 0 Å². The number of aliphatic hydroxyl groups is 2. The minimum atomic E-state index is -1.42. The van der Waals surface area contributed by atoms with Gasteiger partial charge in [-0.15, -0.1) is 0 Å². The van der Waals surface area contributed by atoms with Gasteiger partial charge in [-0.3, -0.25) is 34.0 Å². The third-order valence-electron chi connectivity index (χ3n) is 7.18. The lowest BCUT2D eigenvalue weighted by Crippen LogP contribution is -2.52. The predicted octanol–water partition coefficient (Wildman–Crippen LogP) is -0.441. The number of rotatable bonds is 9. The number of H-pyrrole nitrogens is 1. The number of hydrogen-bond donors (Lipinski definition) is 3.